The molecule has 4 heterocycles. The summed E-state index contributed by atoms with van der Waals surface area (Å²) in [5.41, 5.74) is 14.9. The van der Waals surface area contributed by atoms with Crippen molar-refractivity contribution in [3.8, 4) is 11.1 Å². The van der Waals surface area contributed by atoms with E-state index >= 15 is 0 Å². The van der Waals surface area contributed by atoms with E-state index in [0.717, 1.165) is 46.7 Å². The Morgan fingerprint density at radius 3 is 2.17 bits per heavy atom. The molecular formula is C29H37FN10O. The number of aliphatic hydroxyl groups excluding tert-OH is 1. The van der Waals surface area contributed by atoms with Gasteiger partial charge in [0.2, 0.25) is 5.95 Å². The van der Waals surface area contributed by atoms with Crippen LogP contribution >= 0.6 is 0 Å². The number of anilines is 2. The van der Waals surface area contributed by atoms with Crippen LogP contribution in [0.25, 0.3) is 16.6 Å². The zero-order valence-electron chi connectivity index (χ0n) is 24.0. The molecule has 0 fully saturated rings. The van der Waals surface area contributed by atoms with Crippen molar-refractivity contribution in [1.82, 2.24) is 34.3 Å². The monoisotopic (exact) mass is 560 g/mol. The third kappa shape index (κ3) is 6.34. The number of nitrogen functional groups attached to an aromatic ring is 1. The fourth-order valence-corrected chi connectivity index (χ4v) is 4.29. The van der Waals surface area contributed by atoms with Gasteiger partial charge in [-0.25, -0.2) is 23.9 Å². The van der Waals surface area contributed by atoms with Gasteiger partial charge in [-0.15, -0.1) is 0 Å². The maximum atomic E-state index is 12.8. The number of aliphatic hydroxyl groups is 1. The Bertz CT molecular complexity index is 1520. The van der Waals surface area contributed by atoms with Gasteiger partial charge in [0.05, 0.1) is 23.9 Å². The number of benzene rings is 1. The lowest BCUT2D eigenvalue weighted by atomic mass is 9.87. The Morgan fingerprint density at radius 1 is 0.902 bits per heavy atom. The fourth-order valence-electron chi connectivity index (χ4n) is 4.29. The first-order valence-electron chi connectivity index (χ1n) is 13.4. The van der Waals surface area contributed by atoms with Crippen LogP contribution in [0.3, 0.4) is 0 Å². The summed E-state index contributed by atoms with van der Waals surface area (Å²) >= 11 is 0. The molecule has 0 unspecified atom stereocenters. The Labute approximate surface area is 238 Å². The van der Waals surface area contributed by atoms with Crippen LogP contribution in [0.2, 0.25) is 0 Å². The van der Waals surface area contributed by atoms with Crippen LogP contribution in [-0.2, 0) is 11.1 Å². The second-order valence-electron chi connectivity index (χ2n) is 10.5. The highest BCUT2D eigenvalue weighted by Crippen LogP contribution is 2.28. The van der Waals surface area contributed by atoms with Gasteiger partial charge in [0, 0.05) is 54.6 Å². The van der Waals surface area contributed by atoms with Gasteiger partial charge in [0.15, 0.2) is 5.82 Å². The highest BCUT2D eigenvalue weighted by molar-refractivity contribution is 5.77. The number of hydrogen-bond acceptors (Lipinski definition) is 9. The van der Waals surface area contributed by atoms with Gasteiger partial charge < -0.3 is 21.5 Å². The molecule has 1 aromatic carbocycles. The van der Waals surface area contributed by atoms with E-state index in [1.165, 1.54) is 12.1 Å². The van der Waals surface area contributed by atoms with Gasteiger partial charge in [0.25, 0.3) is 0 Å². The Hall–Kier alpha value is -4.42. The quantitative estimate of drug-likeness (QED) is 0.259. The summed E-state index contributed by atoms with van der Waals surface area (Å²) in [5, 5.41) is 18.2. The summed E-state index contributed by atoms with van der Waals surface area (Å²) in [5.74, 6) is 0.839. The first-order chi connectivity index (χ1) is 19.5. The van der Waals surface area contributed by atoms with E-state index in [9.17, 15) is 9.50 Å². The fraction of sp³-hybridized carbons (Fsp3) is 0.345. The molecule has 5 aromatic rings. The minimum atomic E-state index is -0.776. The van der Waals surface area contributed by atoms with Crippen LogP contribution < -0.4 is 16.4 Å². The van der Waals surface area contributed by atoms with Gasteiger partial charge in [-0.2, -0.15) is 10.2 Å². The van der Waals surface area contributed by atoms with E-state index in [-0.39, 0.29) is 18.4 Å². The zero-order chi connectivity index (χ0) is 29.8. The molecule has 1 atom stereocenters. The van der Waals surface area contributed by atoms with E-state index < -0.39 is 11.1 Å². The molecule has 216 valence electrons. The maximum absolute atomic E-state index is 12.8. The van der Waals surface area contributed by atoms with Gasteiger partial charge in [-0.1, -0.05) is 12.1 Å². The summed E-state index contributed by atoms with van der Waals surface area (Å²) in [6.07, 6.45) is 10.5. The third-order valence-electron chi connectivity index (χ3n) is 7.09. The average Bonchev–Trinajstić information content (AvgIpc) is 3.63. The third-order valence-corrected chi connectivity index (χ3v) is 7.09. The number of rotatable bonds is 8. The number of nitrogens with two attached hydrogens (primary N) is 2. The largest absolute Gasteiger partial charge is 0.394 e. The van der Waals surface area contributed by atoms with Crippen LogP contribution in [-0.4, -0.2) is 59.1 Å². The molecule has 0 aliphatic heterocycles. The van der Waals surface area contributed by atoms with Gasteiger partial charge >= 0.3 is 0 Å². The normalized spacial score (nSPS) is 13.0. The van der Waals surface area contributed by atoms with Crippen molar-refractivity contribution < 1.29 is 9.50 Å². The second-order valence-corrected chi connectivity index (χ2v) is 10.5. The lowest BCUT2D eigenvalue weighted by Crippen LogP contribution is -2.34. The minimum absolute atomic E-state index is 0.0312. The van der Waals surface area contributed by atoms with Crippen molar-refractivity contribution in [3.63, 3.8) is 0 Å². The van der Waals surface area contributed by atoms with E-state index in [4.69, 9.17) is 11.5 Å². The molecule has 0 radical (unpaired) electrons. The first kappa shape index (κ1) is 29.6. The number of nitrogens with zero attached hydrogens (tertiary/aromatic N) is 8. The summed E-state index contributed by atoms with van der Waals surface area (Å²) in [4.78, 5) is 14.5. The molecule has 41 heavy (non-hydrogen) atoms. The smallest absolute Gasteiger partial charge is 0.219 e. The predicted molar refractivity (Wildman–Crippen MR) is 158 cm³/mol. The SMILES string of the molecule is CCN(CC)c1ncnn2cc(-c3cnn(C(C)(C)CO)c3)cc12.C[C@](N)(c1ccc(F)cc1)c1cnc(N)nc1. The molecule has 5 N–H and O–H groups in total. The van der Waals surface area contributed by atoms with Crippen molar-refractivity contribution in [3.05, 3.63) is 84.6 Å². The summed E-state index contributed by atoms with van der Waals surface area (Å²) in [6, 6.07) is 8.12. The van der Waals surface area contributed by atoms with Crippen LogP contribution in [0.1, 0.15) is 45.7 Å². The number of fused-ring (bicyclic) bond motifs is 1. The highest BCUT2D eigenvalue weighted by Gasteiger charge is 2.24. The van der Waals surface area contributed by atoms with Crippen LogP contribution in [0.5, 0.6) is 0 Å². The van der Waals surface area contributed by atoms with Crippen LogP contribution in [0.4, 0.5) is 16.2 Å². The number of aromatic nitrogens is 7. The molecule has 0 saturated carbocycles. The molecule has 4 aromatic heterocycles. The Kier molecular flexibility index (Phi) is 8.64. The number of halogens is 1. The first-order valence-corrected chi connectivity index (χ1v) is 13.4. The Morgan fingerprint density at radius 2 is 1.56 bits per heavy atom. The van der Waals surface area contributed by atoms with Crippen molar-refractivity contribution >= 4 is 17.3 Å². The molecule has 0 aliphatic rings. The summed E-state index contributed by atoms with van der Waals surface area (Å²) in [6.45, 7) is 11.8. The van der Waals surface area contributed by atoms with Crippen molar-refractivity contribution in [2.24, 2.45) is 5.73 Å². The van der Waals surface area contributed by atoms with E-state index in [1.807, 2.05) is 43.9 Å². The van der Waals surface area contributed by atoms with Gasteiger partial charge in [0.1, 0.15) is 17.7 Å². The molecule has 0 bridgehead atoms. The van der Waals surface area contributed by atoms with E-state index in [2.05, 4.69) is 50.0 Å². The topological polar surface area (TPSA) is 149 Å². The molecule has 12 heteroatoms. The van der Waals surface area contributed by atoms with Crippen molar-refractivity contribution in [2.45, 2.75) is 45.7 Å². The lowest BCUT2D eigenvalue weighted by molar-refractivity contribution is 0.152. The zero-order valence-corrected chi connectivity index (χ0v) is 24.0. The molecule has 0 saturated heterocycles. The summed E-state index contributed by atoms with van der Waals surface area (Å²) < 4.78 is 16.5. The van der Waals surface area contributed by atoms with Crippen LogP contribution in [0.15, 0.2) is 67.6 Å². The molecule has 11 nitrogen and oxygen atoms in total. The predicted octanol–water partition coefficient (Wildman–Crippen LogP) is 3.59. The average molecular weight is 561 g/mol. The lowest BCUT2D eigenvalue weighted by Gasteiger charge is -2.25. The molecular weight excluding hydrogens is 523 g/mol. The van der Waals surface area contributed by atoms with Crippen molar-refractivity contribution in [2.75, 3.05) is 30.3 Å². The molecule has 0 spiro atoms. The minimum Gasteiger partial charge on any atom is -0.394 e. The van der Waals surface area contributed by atoms with Crippen molar-refractivity contribution in [1.29, 1.82) is 0 Å². The maximum Gasteiger partial charge on any atom is 0.219 e. The van der Waals surface area contributed by atoms with Gasteiger partial charge in [-0.05, 0) is 58.4 Å². The molecule has 5 rings (SSSR count). The van der Waals surface area contributed by atoms with E-state index in [1.54, 1.807) is 35.5 Å². The van der Waals surface area contributed by atoms with Crippen LogP contribution in [0, 0.1) is 5.82 Å². The second kappa shape index (κ2) is 12.0. The standard InChI is InChI=1S/C17H24N6O.C12H13FN4/c1-5-21(6-2)16-15-7-13(9-22(15)20-12-18-16)14-8-19-23(10-14)17(3,4)11-24;1-12(15,8-2-4-10(13)5-3-8)9-6-16-11(14)17-7-9/h7-10,12,24H,5-6,11H2,1-4H3;2-7H,15H2,1H3,(H2,14,16,17)/t;12-/m.0/s1. The molecule has 0 aliphatic carbocycles. The Balaban J connectivity index is 0.000000201. The molecule has 0 amide bonds. The van der Waals surface area contributed by atoms with E-state index in [0.29, 0.717) is 0 Å². The van der Waals surface area contributed by atoms with Gasteiger partial charge in [-0.3, -0.25) is 4.68 Å². The highest BCUT2D eigenvalue weighted by atomic mass is 19.1. The number of hydrogen-bond donors (Lipinski definition) is 3. The summed E-state index contributed by atoms with van der Waals surface area (Å²) in [7, 11) is 0.